The third-order valence-electron chi connectivity index (χ3n) is 3.19. The molecule has 0 saturated heterocycles. The normalized spacial score (nSPS) is 9.54. The summed E-state index contributed by atoms with van der Waals surface area (Å²) in [6, 6.07) is 16.3. The molecule has 0 aliphatic rings. The predicted octanol–water partition coefficient (Wildman–Crippen LogP) is 2.82. The summed E-state index contributed by atoms with van der Waals surface area (Å²) >= 11 is 0. The van der Waals surface area contributed by atoms with E-state index in [4.69, 9.17) is 14.6 Å². The summed E-state index contributed by atoms with van der Waals surface area (Å²) in [5.41, 5.74) is 1.51. The Balaban J connectivity index is 1.73. The van der Waals surface area contributed by atoms with E-state index in [1.165, 1.54) is 0 Å². The van der Waals surface area contributed by atoms with Crippen LogP contribution in [0.5, 0.6) is 5.75 Å². The van der Waals surface area contributed by atoms with E-state index < -0.39 is 18.7 Å². The summed E-state index contributed by atoms with van der Waals surface area (Å²) < 4.78 is 10.3. The molecule has 0 aliphatic carbocycles. The summed E-state index contributed by atoms with van der Waals surface area (Å²) in [5, 5.41) is 11.3. The van der Waals surface area contributed by atoms with Gasteiger partial charge in [-0.2, -0.15) is 0 Å². The van der Waals surface area contributed by atoms with Gasteiger partial charge in [-0.05, 0) is 17.7 Å². The Morgan fingerprint density at radius 2 is 1.77 bits per heavy atom. The molecule has 0 aromatic heterocycles. The molecule has 0 unspecified atom stereocenters. The van der Waals surface area contributed by atoms with Crippen molar-refractivity contribution in [2.45, 2.75) is 13.0 Å². The van der Waals surface area contributed by atoms with Crippen LogP contribution in [-0.2, 0) is 16.1 Å². The molecule has 6 nitrogen and oxygen atoms in total. The highest BCUT2D eigenvalue weighted by molar-refractivity contribution is 5.68. The summed E-state index contributed by atoms with van der Waals surface area (Å²) in [6.07, 6.45) is -0.0749. The van der Waals surface area contributed by atoms with Crippen molar-refractivity contribution in [3.8, 4) is 17.6 Å². The zero-order valence-electron chi connectivity index (χ0n) is 14.1. The lowest BCUT2D eigenvalue weighted by atomic mass is 10.2. The lowest BCUT2D eigenvalue weighted by Gasteiger charge is -2.06. The van der Waals surface area contributed by atoms with Crippen LogP contribution in [-0.4, -0.2) is 30.3 Å². The first-order valence-electron chi connectivity index (χ1n) is 8.02. The van der Waals surface area contributed by atoms with Crippen molar-refractivity contribution in [2.75, 3.05) is 13.2 Å². The zero-order chi connectivity index (χ0) is 18.6. The molecule has 2 aromatic rings. The molecule has 0 aliphatic heterocycles. The Kier molecular flexibility index (Phi) is 7.56. The topological polar surface area (TPSA) is 84.9 Å². The Morgan fingerprint density at radius 3 is 2.54 bits per heavy atom. The number of carbonyl (C=O) groups is 2. The number of hydrogen-bond donors (Lipinski definition) is 2. The number of benzene rings is 2. The molecule has 0 spiro atoms. The van der Waals surface area contributed by atoms with E-state index in [0.717, 1.165) is 5.56 Å². The van der Waals surface area contributed by atoms with Gasteiger partial charge in [-0.1, -0.05) is 54.3 Å². The Labute approximate surface area is 151 Å². The van der Waals surface area contributed by atoms with Crippen molar-refractivity contribution in [3.63, 3.8) is 0 Å². The molecule has 0 heterocycles. The Hall–Kier alpha value is -3.46. The molecule has 134 valence electrons. The zero-order valence-corrected chi connectivity index (χ0v) is 14.1. The van der Waals surface area contributed by atoms with Gasteiger partial charge in [0.05, 0.1) is 5.56 Å². The molecule has 0 saturated carbocycles. The maximum Gasteiger partial charge on any atom is 0.407 e. The van der Waals surface area contributed by atoms with E-state index in [-0.39, 0.29) is 6.61 Å². The quantitative estimate of drug-likeness (QED) is 0.591. The van der Waals surface area contributed by atoms with Gasteiger partial charge < -0.3 is 19.9 Å². The number of hydrogen-bond acceptors (Lipinski definition) is 4. The smallest absolute Gasteiger partial charge is 0.407 e. The van der Waals surface area contributed by atoms with Crippen LogP contribution in [0.25, 0.3) is 0 Å². The second kappa shape index (κ2) is 10.4. The maximum atomic E-state index is 11.6. The molecule has 0 atom stereocenters. The first-order chi connectivity index (χ1) is 12.6. The number of para-hydroxylation sites is 1. The minimum Gasteiger partial charge on any atom is -0.481 e. The van der Waals surface area contributed by atoms with E-state index in [0.29, 0.717) is 24.3 Å². The lowest BCUT2D eigenvalue weighted by Crippen LogP contribution is -2.24. The first kappa shape index (κ1) is 18.9. The summed E-state index contributed by atoms with van der Waals surface area (Å²) in [5.74, 6) is 5.18. The minimum atomic E-state index is -1.05. The Morgan fingerprint density at radius 1 is 1.04 bits per heavy atom. The van der Waals surface area contributed by atoms with Gasteiger partial charge in [0.15, 0.2) is 6.61 Å². The number of aliphatic carboxylic acids is 1. The van der Waals surface area contributed by atoms with Gasteiger partial charge in [-0.3, -0.25) is 0 Å². The Bertz CT molecular complexity index is 793. The second-order valence-electron chi connectivity index (χ2n) is 5.22. The van der Waals surface area contributed by atoms with Crippen LogP contribution < -0.4 is 10.1 Å². The summed E-state index contributed by atoms with van der Waals surface area (Å²) in [4.78, 5) is 22.2. The monoisotopic (exact) mass is 353 g/mol. The highest BCUT2D eigenvalue weighted by atomic mass is 16.5. The van der Waals surface area contributed by atoms with E-state index in [1.807, 2.05) is 30.3 Å². The fourth-order valence-electron chi connectivity index (χ4n) is 1.99. The molecule has 2 N–H and O–H groups in total. The highest BCUT2D eigenvalue weighted by Crippen LogP contribution is 2.16. The first-order valence-corrected chi connectivity index (χ1v) is 8.02. The number of carbonyl (C=O) groups excluding carboxylic acids is 1. The van der Waals surface area contributed by atoms with Gasteiger partial charge in [-0.15, -0.1) is 0 Å². The molecule has 2 rings (SSSR count). The molecule has 26 heavy (non-hydrogen) atoms. The molecule has 0 fully saturated rings. The van der Waals surface area contributed by atoms with Crippen LogP contribution in [0.15, 0.2) is 54.6 Å². The van der Waals surface area contributed by atoms with E-state index in [1.54, 1.807) is 24.3 Å². The van der Waals surface area contributed by atoms with Gasteiger partial charge in [0.2, 0.25) is 0 Å². The summed E-state index contributed by atoms with van der Waals surface area (Å²) in [6.45, 7) is 0.138. The van der Waals surface area contributed by atoms with Crippen molar-refractivity contribution < 1.29 is 24.2 Å². The fraction of sp³-hybridized carbons (Fsp3) is 0.200. The number of ether oxygens (including phenoxy) is 2. The molecule has 2 aromatic carbocycles. The maximum absolute atomic E-state index is 11.6. The third kappa shape index (κ3) is 6.97. The van der Waals surface area contributed by atoms with Gasteiger partial charge >= 0.3 is 12.1 Å². The van der Waals surface area contributed by atoms with Gasteiger partial charge in [0, 0.05) is 13.0 Å². The largest absolute Gasteiger partial charge is 0.481 e. The van der Waals surface area contributed by atoms with Crippen LogP contribution in [0.4, 0.5) is 4.79 Å². The minimum absolute atomic E-state index is 0.215. The molecular formula is C20H19NO5. The van der Waals surface area contributed by atoms with Crippen molar-refractivity contribution in [2.24, 2.45) is 0 Å². The lowest BCUT2D eigenvalue weighted by molar-refractivity contribution is -0.139. The van der Waals surface area contributed by atoms with Crippen molar-refractivity contribution >= 4 is 12.1 Å². The second-order valence-corrected chi connectivity index (χ2v) is 5.22. The van der Waals surface area contributed by atoms with E-state index in [9.17, 15) is 9.59 Å². The van der Waals surface area contributed by atoms with Crippen LogP contribution in [0.2, 0.25) is 0 Å². The van der Waals surface area contributed by atoms with Crippen LogP contribution in [0.3, 0.4) is 0 Å². The average Bonchev–Trinajstić information content (AvgIpc) is 2.66. The van der Waals surface area contributed by atoms with Crippen molar-refractivity contribution in [1.82, 2.24) is 5.32 Å². The van der Waals surface area contributed by atoms with Crippen molar-refractivity contribution in [3.05, 3.63) is 65.7 Å². The van der Waals surface area contributed by atoms with E-state index >= 15 is 0 Å². The molecule has 6 heteroatoms. The van der Waals surface area contributed by atoms with Gasteiger partial charge in [0.25, 0.3) is 0 Å². The highest BCUT2D eigenvalue weighted by Gasteiger charge is 2.03. The number of alkyl carbamates (subject to hydrolysis) is 1. The van der Waals surface area contributed by atoms with Crippen molar-refractivity contribution in [1.29, 1.82) is 0 Å². The molecule has 0 bridgehead atoms. The predicted molar refractivity (Wildman–Crippen MR) is 95.7 cm³/mol. The van der Waals surface area contributed by atoms with Crippen LogP contribution in [0.1, 0.15) is 17.5 Å². The number of carboxylic acid groups (broad SMARTS) is 1. The van der Waals surface area contributed by atoms with E-state index in [2.05, 4.69) is 17.2 Å². The number of carboxylic acids is 1. The van der Waals surface area contributed by atoms with Gasteiger partial charge in [-0.25, -0.2) is 9.59 Å². The average molecular weight is 353 g/mol. The number of rotatable bonds is 7. The molecule has 0 radical (unpaired) electrons. The number of amides is 1. The summed E-state index contributed by atoms with van der Waals surface area (Å²) in [7, 11) is 0. The third-order valence-corrected chi connectivity index (χ3v) is 3.19. The van der Waals surface area contributed by atoms with Gasteiger partial charge in [0.1, 0.15) is 12.4 Å². The fourth-order valence-corrected chi connectivity index (χ4v) is 1.99. The molecule has 1 amide bonds. The number of nitrogens with one attached hydrogen (secondary N) is 1. The SMILES string of the molecule is O=C(O)COc1ccccc1C#CCCNC(=O)OCc1ccccc1. The van der Waals surface area contributed by atoms with Crippen LogP contribution >= 0.6 is 0 Å². The van der Waals surface area contributed by atoms with Crippen LogP contribution in [0, 0.1) is 11.8 Å². The standard InChI is InChI=1S/C20H19NO5/c22-19(23)15-25-18-12-5-4-10-17(18)11-6-7-13-21-20(24)26-14-16-8-2-1-3-9-16/h1-5,8-10,12H,7,13-15H2,(H,21,24)(H,22,23). The molecular weight excluding hydrogens is 334 g/mol.